The Hall–Kier alpha value is -0.300. The first-order valence-corrected chi connectivity index (χ1v) is 5.39. The Morgan fingerprint density at radius 3 is 1.77 bits per heavy atom. The van der Waals surface area contributed by atoms with Crippen molar-refractivity contribution >= 4 is 0 Å². The van der Waals surface area contributed by atoms with Crippen LogP contribution in [-0.4, -0.2) is 24.5 Å². The van der Waals surface area contributed by atoms with Crippen LogP contribution in [0, 0.1) is 5.92 Å². The maximum Gasteiger partial charge on any atom is 0.00670 e. The van der Waals surface area contributed by atoms with Crippen molar-refractivity contribution in [1.82, 2.24) is 4.90 Å². The Morgan fingerprint density at radius 2 is 1.69 bits per heavy atom. The van der Waals surface area contributed by atoms with Gasteiger partial charge in [-0.15, -0.1) is 6.58 Å². The molecule has 0 aromatic carbocycles. The molecule has 1 heterocycles. The Kier molecular flexibility index (Phi) is 11.4. The minimum absolute atomic E-state index is 0.824. The highest BCUT2D eigenvalue weighted by molar-refractivity contribution is 4.76. The van der Waals surface area contributed by atoms with Gasteiger partial charge in [-0.25, -0.2) is 0 Å². The van der Waals surface area contributed by atoms with Crippen molar-refractivity contribution in [3.05, 3.63) is 12.7 Å². The summed E-state index contributed by atoms with van der Waals surface area (Å²) in [7, 11) is 2.20. The second-order valence-corrected chi connectivity index (χ2v) is 3.54. The third-order valence-corrected chi connectivity index (χ3v) is 2.10. The molecule has 1 heteroatoms. The van der Waals surface area contributed by atoms with Gasteiger partial charge in [0, 0.05) is 12.6 Å². The van der Waals surface area contributed by atoms with Crippen LogP contribution >= 0.6 is 0 Å². The van der Waals surface area contributed by atoms with Gasteiger partial charge in [0.25, 0.3) is 0 Å². The van der Waals surface area contributed by atoms with Crippen LogP contribution in [0.25, 0.3) is 0 Å². The van der Waals surface area contributed by atoms with E-state index < -0.39 is 0 Å². The van der Waals surface area contributed by atoms with Crippen LogP contribution < -0.4 is 0 Å². The van der Waals surface area contributed by atoms with Crippen molar-refractivity contribution in [3.8, 4) is 0 Å². The van der Waals surface area contributed by atoms with E-state index in [-0.39, 0.29) is 0 Å². The van der Waals surface area contributed by atoms with Crippen LogP contribution in [0.2, 0.25) is 0 Å². The van der Waals surface area contributed by atoms with Gasteiger partial charge in [-0.2, -0.15) is 0 Å². The van der Waals surface area contributed by atoms with E-state index >= 15 is 0 Å². The molecule has 0 aromatic heterocycles. The zero-order valence-corrected chi connectivity index (χ0v) is 10.3. The summed E-state index contributed by atoms with van der Waals surface area (Å²) in [5.74, 6) is 0.926. The minimum atomic E-state index is 0.824. The predicted octanol–water partition coefficient (Wildman–Crippen LogP) is 3.57. The van der Waals surface area contributed by atoms with Gasteiger partial charge in [0.15, 0.2) is 0 Å². The Bertz CT molecular complexity index is 99.7. The first-order chi connectivity index (χ1) is 6.11. The highest BCUT2D eigenvalue weighted by Gasteiger charge is 2.21. The molecule has 0 bridgehead atoms. The van der Waals surface area contributed by atoms with Gasteiger partial charge in [0.2, 0.25) is 0 Å². The summed E-state index contributed by atoms with van der Waals surface area (Å²) in [4.78, 5) is 2.42. The van der Waals surface area contributed by atoms with E-state index in [1.165, 1.54) is 13.0 Å². The highest BCUT2D eigenvalue weighted by Crippen LogP contribution is 2.19. The monoisotopic (exact) mass is 185 g/mol. The lowest BCUT2D eigenvalue weighted by Crippen LogP contribution is -2.21. The zero-order valence-electron chi connectivity index (χ0n) is 10.3. The molecule has 0 N–H and O–H groups in total. The first kappa shape index (κ1) is 15.2. The molecule has 13 heavy (non-hydrogen) atoms. The SMILES string of the molecule is C=CC.CC.CC1CC(C)N(C)C1. The average molecular weight is 185 g/mol. The van der Waals surface area contributed by atoms with Crippen LogP contribution in [0.4, 0.5) is 0 Å². The van der Waals surface area contributed by atoms with Gasteiger partial charge >= 0.3 is 0 Å². The lowest BCUT2D eigenvalue weighted by atomic mass is 10.1. The fourth-order valence-corrected chi connectivity index (χ4v) is 1.51. The van der Waals surface area contributed by atoms with Crippen LogP contribution in [0.1, 0.15) is 41.0 Å². The summed E-state index contributed by atoms with van der Waals surface area (Å²) in [5, 5.41) is 0. The van der Waals surface area contributed by atoms with Crippen molar-refractivity contribution in [3.63, 3.8) is 0 Å². The number of hydrogen-bond acceptors (Lipinski definition) is 1. The molecule has 0 aliphatic carbocycles. The van der Waals surface area contributed by atoms with Crippen molar-refractivity contribution in [2.24, 2.45) is 5.92 Å². The van der Waals surface area contributed by atoms with Gasteiger partial charge in [-0.05, 0) is 33.2 Å². The van der Waals surface area contributed by atoms with Crippen LogP contribution in [0.5, 0.6) is 0 Å². The largest absolute Gasteiger partial charge is 0.303 e. The molecule has 1 aliphatic rings. The fraction of sp³-hybridized carbons (Fsp3) is 0.833. The quantitative estimate of drug-likeness (QED) is 0.522. The van der Waals surface area contributed by atoms with E-state index in [2.05, 4.69) is 32.4 Å². The van der Waals surface area contributed by atoms with E-state index in [1.54, 1.807) is 6.08 Å². The molecule has 2 atom stereocenters. The predicted molar refractivity (Wildman–Crippen MR) is 63.1 cm³/mol. The summed E-state index contributed by atoms with van der Waals surface area (Å²) < 4.78 is 0. The van der Waals surface area contributed by atoms with Gasteiger partial charge in [0.1, 0.15) is 0 Å². The lowest BCUT2D eigenvalue weighted by molar-refractivity contribution is 0.327. The standard InChI is InChI=1S/C7H15N.C3H6.C2H6/c1-6-4-7(2)8(3)5-6;1-3-2;1-2/h6-7H,4-5H2,1-3H3;3H,1H2,2H3;1-2H3. The molecule has 2 unspecified atom stereocenters. The number of hydrogen-bond donors (Lipinski definition) is 0. The summed E-state index contributed by atoms with van der Waals surface area (Å²) in [6.45, 7) is 15.2. The fourth-order valence-electron chi connectivity index (χ4n) is 1.51. The Balaban J connectivity index is 0. The number of allylic oxidation sites excluding steroid dienone is 1. The number of nitrogens with zero attached hydrogens (tertiary/aromatic N) is 1. The molecular formula is C12H27N. The second kappa shape index (κ2) is 9.79. The summed E-state index contributed by atoms with van der Waals surface area (Å²) >= 11 is 0. The number of likely N-dealkylation sites (tertiary alicyclic amines) is 1. The lowest BCUT2D eigenvalue weighted by Gasteiger charge is -2.12. The molecule has 1 fully saturated rings. The molecule has 0 radical (unpaired) electrons. The molecule has 1 rings (SSSR count). The van der Waals surface area contributed by atoms with Crippen molar-refractivity contribution < 1.29 is 0 Å². The van der Waals surface area contributed by atoms with Gasteiger partial charge in [-0.1, -0.05) is 26.8 Å². The van der Waals surface area contributed by atoms with Crippen LogP contribution in [0.3, 0.4) is 0 Å². The Morgan fingerprint density at radius 1 is 1.31 bits per heavy atom. The normalized spacial score (nSPS) is 26.6. The molecule has 0 amide bonds. The minimum Gasteiger partial charge on any atom is -0.303 e. The molecular weight excluding hydrogens is 158 g/mol. The van der Waals surface area contributed by atoms with Crippen LogP contribution in [-0.2, 0) is 0 Å². The van der Waals surface area contributed by atoms with Crippen molar-refractivity contribution in [1.29, 1.82) is 0 Å². The molecule has 0 aromatic rings. The van der Waals surface area contributed by atoms with Gasteiger partial charge < -0.3 is 4.90 Å². The maximum absolute atomic E-state index is 3.36. The summed E-state index contributed by atoms with van der Waals surface area (Å²) in [5.41, 5.74) is 0. The smallest absolute Gasteiger partial charge is 0.00670 e. The molecule has 1 aliphatic heterocycles. The van der Waals surface area contributed by atoms with E-state index in [9.17, 15) is 0 Å². The zero-order chi connectivity index (χ0) is 10.9. The van der Waals surface area contributed by atoms with E-state index in [1.807, 2.05) is 20.8 Å². The van der Waals surface area contributed by atoms with E-state index in [0.717, 1.165) is 12.0 Å². The summed E-state index contributed by atoms with van der Waals surface area (Å²) in [6.07, 6.45) is 3.14. The molecule has 0 saturated carbocycles. The van der Waals surface area contributed by atoms with E-state index in [4.69, 9.17) is 0 Å². The maximum atomic E-state index is 3.36. The average Bonchev–Trinajstić information content (AvgIpc) is 2.35. The third-order valence-electron chi connectivity index (χ3n) is 2.10. The van der Waals surface area contributed by atoms with Crippen LogP contribution in [0.15, 0.2) is 12.7 Å². The number of rotatable bonds is 0. The third kappa shape index (κ3) is 8.04. The molecule has 0 spiro atoms. The van der Waals surface area contributed by atoms with E-state index in [0.29, 0.717) is 0 Å². The molecule has 1 saturated heterocycles. The second-order valence-electron chi connectivity index (χ2n) is 3.54. The van der Waals surface area contributed by atoms with Gasteiger partial charge in [-0.3, -0.25) is 0 Å². The van der Waals surface area contributed by atoms with Crippen molar-refractivity contribution in [2.45, 2.75) is 47.1 Å². The highest BCUT2D eigenvalue weighted by atomic mass is 15.1. The first-order valence-electron chi connectivity index (χ1n) is 5.39. The molecule has 80 valence electrons. The topological polar surface area (TPSA) is 3.24 Å². The Labute approximate surface area is 84.8 Å². The summed E-state index contributed by atoms with van der Waals surface area (Å²) in [6, 6.07) is 0.824. The molecule has 1 nitrogen and oxygen atoms in total. The van der Waals surface area contributed by atoms with Gasteiger partial charge in [0.05, 0.1) is 0 Å². The van der Waals surface area contributed by atoms with Crippen molar-refractivity contribution in [2.75, 3.05) is 13.6 Å².